The molecule has 2 amide bonds. The first-order chi connectivity index (χ1) is 17.7. The summed E-state index contributed by atoms with van der Waals surface area (Å²) < 4.78 is 26.9. The molecule has 0 aliphatic carbocycles. The normalized spacial score (nSPS) is 24.6. The maximum absolute atomic E-state index is 13.6. The lowest BCUT2D eigenvalue weighted by molar-refractivity contribution is -0.193. The van der Waals surface area contributed by atoms with Gasteiger partial charge in [-0.25, -0.2) is 9.59 Å². The van der Waals surface area contributed by atoms with Gasteiger partial charge in [0.2, 0.25) is 5.91 Å². The van der Waals surface area contributed by atoms with Crippen LogP contribution in [0, 0.1) is 11.8 Å². The van der Waals surface area contributed by atoms with Crippen molar-refractivity contribution in [3.8, 4) is 0 Å². The third-order valence-corrected chi connectivity index (χ3v) is 11.7. The minimum atomic E-state index is -2.15. The zero-order valence-electron chi connectivity index (χ0n) is 23.0. The van der Waals surface area contributed by atoms with Crippen molar-refractivity contribution in [3.05, 3.63) is 25.3 Å². The molecule has 0 bridgehead atoms. The lowest BCUT2D eigenvalue weighted by atomic mass is 9.76. The number of hydrogen-bond donors (Lipinski definition) is 0. The summed E-state index contributed by atoms with van der Waals surface area (Å²) in [6.07, 6.45) is -0.335. The van der Waals surface area contributed by atoms with Crippen molar-refractivity contribution in [3.63, 3.8) is 0 Å². The van der Waals surface area contributed by atoms with Crippen LogP contribution in [-0.4, -0.2) is 87.6 Å². The number of ketones is 1. The van der Waals surface area contributed by atoms with E-state index in [0.29, 0.717) is 11.3 Å². The summed E-state index contributed by atoms with van der Waals surface area (Å²) in [5.41, 5.74) is 0. The highest BCUT2D eigenvalue weighted by molar-refractivity contribution is 6.74. The van der Waals surface area contributed by atoms with E-state index in [1.54, 1.807) is 0 Å². The Morgan fingerprint density at radius 2 is 1.74 bits per heavy atom. The molecule has 38 heavy (non-hydrogen) atoms. The smallest absolute Gasteiger partial charge is 0.454 e. The lowest BCUT2D eigenvalue weighted by Gasteiger charge is -2.50. The predicted molar refractivity (Wildman–Crippen MR) is 138 cm³/mol. The van der Waals surface area contributed by atoms with Gasteiger partial charge in [-0.1, -0.05) is 46.1 Å². The highest BCUT2D eigenvalue weighted by Gasteiger charge is 2.61. The first-order valence-corrected chi connectivity index (χ1v) is 15.5. The molecule has 212 valence electrons. The van der Waals surface area contributed by atoms with Crippen LogP contribution < -0.4 is 0 Å². The number of nitrogens with zero attached hydrogens (tertiary/aromatic N) is 1. The topological polar surface area (TPSA) is 135 Å². The van der Waals surface area contributed by atoms with Crippen molar-refractivity contribution in [1.82, 2.24) is 4.90 Å². The molecular formula is C26H39NO10Si. The van der Waals surface area contributed by atoms with Gasteiger partial charge in [0.25, 0.3) is 0 Å². The Balaban J connectivity index is 2.29. The fourth-order valence-electron chi connectivity index (χ4n) is 4.00. The quantitative estimate of drug-likeness (QED) is 0.131. The third kappa shape index (κ3) is 6.97. The summed E-state index contributed by atoms with van der Waals surface area (Å²) in [6, 6.07) is -1.18. The van der Waals surface area contributed by atoms with Crippen LogP contribution in [0.25, 0.3) is 0 Å². The Morgan fingerprint density at radius 3 is 2.32 bits per heavy atom. The van der Waals surface area contributed by atoms with Crippen molar-refractivity contribution in [2.75, 3.05) is 26.4 Å². The van der Waals surface area contributed by atoms with Crippen LogP contribution in [0.4, 0.5) is 4.79 Å². The molecular weight excluding hydrogens is 514 g/mol. The number of rotatable bonds is 10. The molecule has 0 aromatic rings. The van der Waals surface area contributed by atoms with E-state index in [4.69, 9.17) is 23.4 Å². The van der Waals surface area contributed by atoms with E-state index in [9.17, 15) is 24.0 Å². The van der Waals surface area contributed by atoms with Gasteiger partial charge in [0.05, 0.1) is 12.0 Å². The second-order valence-electron chi connectivity index (χ2n) is 10.8. The van der Waals surface area contributed by atoms with E-state index in [1.165, 1.54) is 19.1 Å². The van der Waals surface area contributed by atoms with Gasteiger partial charge in [0.15, 0.2) is 14.1 Å². The average Bonchev–Trinajstić information content (AvgIpc) is 2.83. The van der Waals surface area contributed by atoms with Crippen LogP contribution in [-0.2, 0) is 42.6 Å². The number of esters is 1. The van der Waals surface area contributed by atoms with E-state index in [0.717, 1.165) is 0 Å². The highest BCUT2D eigenvalue weighted by atomic mass is 28.4. The standard InChI is InChI=1S/C26H39NO10Si/c1-9-12-34-24(31)23(30)27-19(18(22(27)29)16(3)37-25(32)35-13-10-2)21-20(28)17(11-14-33-21)15-36-38(7,8)26(4,5)6/h9-10,16-19,21H,1-2,11-15H2,3-8H3/t16-,17-,18-,19+,21-/m1/s1. The van der Waals surface area contributed by atoms with Gasteiger partial charge in [0, 0.05) is 19.1 Å². The first-order valence-electron chi connectivity index (χ1n) is 12.6. The number of ether oxygens (including phenoxy) is 4. The van der Waals surface area contributed by atoms with E-state index >= 15 is 0 Å². The van der Waals surface area contributed by atoms with Gasteiger partial charge in [-0.05, 0) is 31.5 Å². The van der Waals surface area contributed by atoms with Gasteiger partial charge < -0.3 is 23.4 Å². The molecule has 2 heterocycles. The molecule has 2 rings (SSSR count). The second-order valence-corrected chi connectivity index (χ2v) is 15.6. The fourth-order valence-corrected chi connectivity index (χ4v) is 5.05. The number of imide groups is 1. The predicted octanol–water partition coefficient (Wildman–Crippen LogP) is 2.79. The number of likely N-dealkylation sites (tertiary alicyclic amines) is 1. The van der Waals surface area contributed by atoms with Crippen molar-refractivity contribution in [2.24, 2.45) is 11.8 Å². The summed E-state index contributed by atoms with van der Waals surface area (Å²) in [5.74, 6) is -5.32. The highest BCUT2D eigenvalue weighted by Crippen LogP contribution is 2.39. The van der Waals surface area contributed by atoms with Crippen LogP contribution in [0.3, 0.4) is 0 Å². The summed E-state index contributed by atoms with van der Waals surface area (Å²) in [5, 5.41) is -0.0614. The average molecular weight is 554 g/mol. The molecule has 11 nitrogen and oxygen atoms in total. The van der Waals surface area contributed by atoms with Crippen LogP contribution in [0.1, 0.15) is 34.1 Å². The number of Topliss-reactive ketones (excluding diaryl/α,β-unsaturated/α-hetero) is 1. The fraction of sp³-hybridized carbons (Fsp3) is 0.654. The maximum atomic E-state index is 13.6. The lowest BCUT2D eigenvalue weighted by Crippen LogP contribution is -2.73. The van der Waals surface area contributed by atoms with Crippen LogP contribution in [0.15, 0.2) is 25.3 Å². The van der Waals surface area contributed by atoms with Crippen LogP contribution in [0.2, 0.25) is 18.1 Å². The summed E-state index contributed by atoms with van der Waals surface area (Å²) in [6.45, 7) is 18.7. The SMILES string of the molecule is C=CCOC(=O)O[C@H](C)[C@H]1C(=O)N(C(=O)C(=O)OCC=C)[C@@H]1[C@H]1OCC[C@H](CO[Si](C)(C)C(C)(C)C)C1=O. The molecule has 5 atom stereocenters. The Morgan fingerprint density at radius 1 is 1.13 bits per heavy atom. The van der Waals surface area contributed by atoms with E-state index < -0.39 is 62.3 Å². The van der Waals surface area contributed by atoms with Gasteiger partial charge in [0.1, 0.15) is 25.4 Å². The molecule has 0 spiro atoms. The Bertz CT molecular complexity index is 956. The Hall–Kier alpha value is -2.83. The Kier molecular flexibility index (Phi) is 10.6. The van der Waals surface area contributed by atoms with Gasteiger partial charge in [-0.2, -0.15) is 0 Å². The zero-order valence-corrected chi connectivity index (χ0v) is 24.0. The monoisotopic (exact) mass is 553 g/mol. The van der Waals surface area contributed by atoms with E-state index in [2.05, 4.69) is 47.0 Å². The molecule has 2 aliphatic rings. The zero-order chi connectivity index (χ0) is 28.8. The van der Waals surface area contributed by atoms with E-state index in [-0.39, 0.29) is 37.2 Å². The van der Waals surface area contributed by atoms with Crippen LogP contribution >= 0.6 is 0 Å². The first kappa shape index (κ1) is 31.4. The van der Waals surface area contributed by atoms with Gasteiger partial charge >= 0.3 is 18.0 Å². The molecule has 0 radical (unpaired) electrons. The number of β-lactam (4-membered cyclic amide) rings is 1. The van der Waals surface area contributed by atoms with Crippen molar-refractivity contribution < 1.29 is 47.3 Å². The maximum Gasteiger partial charge on any atom is 0.508 e. The second kappa shape index (κ2) is 12.8. The molecule has 12 heteroatoms. The van der Waals surface area contributed by atoms with Crippen LogP contribution in [0.5, 0.6) is 0 Å². The van der Waals surface area contributed by atoms with Crippen molar-refractivity contribution in [1.29, 1.82) is 0 Å². The number of amides is 2. The molecule has 2 aliphatic heterocycles. The molecule has 0 unspecified atom stereocenters. The summed E-state index contributed by atoms with van der Waals surface area (Å²) in [7, 11) is -2.15. The minimum absolute atomic E-state index is 0.0614. The Labute approximate surface area is 224 Å². The third-order valence-electron chi connectivity index (χ3n) is 7.23. The van der Waals surface area contributed by atoms with Crippen molar-refractivity contribution >= 4 is 38.0 Å². The van der Waals surface area contributed by atoms with Gasteiger partial charge in [-0.15, -0.1) is 0 Å². The van der Waals surface area contributed by atoms with Crippen molar-refractivity contribution in [2.45, 2.75) is 70.5 Å². The summed E-state index contributed by atoms with van der Waals surface area (Å²) >= 11 is 0. The molecule has 0 saturated carbocycles. The number of carbonyl (C=O) groups is 5. The molecule has 0 aromatic carbocycles. The molecule has 0 N–H and O–H groups in total. The minimum Gasteiger partial charge on any atom is -0.454 e. The van der Waals surface area contributed by atoms with E-state index in [1.807, 2.05) is 0 Å². The molecule has 0 aromatic heterocycles. The van der Waals surface area contributed by atoms with Gasteiger partial charge in [-0.3, -0.25) is 19.3 Å². The largest absolute Gasteiger partial charge is 0.508 e. The molecule has 2 fully saturated rings. The number of carbonyl (C=O) groups excluding carboxylic acids is 5. The summed E-state index contributed by atoms with van der Waals surface area (Å²) in [4.78, 5) is 64.4. The number of hydrogen-bond acceptors (Lipinski definition) is 10. The molecule has 2 saturated heterocycles.